The van der Waals surface area contributed by atoms with Gasteiger partial charge in [-0.2, -0.15) is 16.4 Å². The van der Waals surface area contributed by atoms with Crippen LogP contribution in [-0.2, 0) is 10.9 Å². The van der Waals surface area contributed by atoms with Gasteiger partial charge in [-0.1, -0.05) is 106 Å². The lowest BCUT2D eigenvalue weighted by atomic mass is 9.28. The summed E-state index contributed by atoms with van der Waals surface area (Å²) in [5.41, 5.74) is 8.81. The van der Waals surface area contributed by atoms with E-state index in [0.717, 1.165) is 60.5 Å². The third kappa shape index (κ3) is 4.37. The van der Waals surface area contributed by atoms with E-state index < -0.39 is 6.42 Å². The lowest BCUT2D eigenvalue weighted by Gasteiger charge is -2.41. The molecule has 0 aromatic heterocycles. The second-order valence-corrected chi connectivity index (χ2v) is 12.8. The summed E-state index contributed by atoms with van der Waals surface area (Å²) in [5, 5.41) is 2.13. The molecular weight excluding hydrogens is 482 g/mol. The Hall–Kier alpha value is -3.30. The zero-order valence-corrected chi connectivity index (χ0v) is 24.3. The van der Waals surface area contributed by atoms with Gasteiger partial charge in [0.2, 0.25) is 6.42 Å². The van der Waals surface area contributed by atoms with Crippen molar-refractivity contribution in [2.45, 2.75) is 51.3 Å². The lowest BCUT2D eigenvalue weighted by molar-refractivity contribution is 0.839. The standard InChI is InChI=1S/C35H36BFS/c1-23-19-25(3)34(26(4)20-23)36(37,35-27(5)21-24(2)22-28(35)6)31-17-11-13-29-14-12-18-32(33(29)31)38(7)30-15-9-8-10-16-30/h8-22H,1-7H3. The number of hydrogen-bond donors (Lipinski definition) is 0. The minimum absolute atomic E-state index is 0.215. The Morgan fingerprint density at radius 3 is 1.55 bits per heavy atom. The Labute approximate surface area is 230 Å². The molecule has 0 bridgehead atoms. The van der Waals surface area contributed by atoms with Gasteiger partial charge in [-0.05, 0) is 65.1 Å². The van der Waals surface area contributed by atoms with Gasteiger partial charge in [-0.15, -0.1) is 0 Å². The summed E-state index contributed by atoms with van der Waals surface area (Å²) in [5.74, 6) is 0. The smallest absolute Gasteiger partial charge is 0.236 e. The first-order valence-electron chi connectivity index (χ1n) is 13.4. The predicted octanol–water partition coefficient (Wildman–Crippen LogP) is 7.29. The van der Waals surface area contributed by atoms with Crippen molar-refractivity contribution in [1.82, 2.24) is 0 Å². The molecule has 0 aliphatic carbocycles. The van der Waals surface area contributed by atoms with Crippen molar-refractivity contribution in [1.29, 1.82) is 0 Å². The zero-order chi connectivity index (χ0) is 27.2. The highest BCUT2D eigenvalue weighted by molar-refractivity contribution is 7.96. The van der Waals surface area contributed by atoms with Crippen LogP contribution in [0.4, 0.5) is 4.32 Å². The van der Waals surface area contributed by atoms with Gasteiger partial charge >= 0.3 is 0 Å². The molecule has 0 N–H and O–H groups in total. The van der Waals surface area contributed by atoms with Crippen LogP contribution >= 0.6 is 0 Å². The summed E-state index contributed by atoms with van der Waals surface area (Å²) in [6.07, 6.45) is -0.511. The SMILES string of the molecule is Cc1cc(C)c([B-](F)(c2c(C)cc(C)cc2C)c2cccc3cccc([S+](C)c4ccccc4)c23)c(C)c1. The Morgan fingerprint density at radius 2 is 1.05 bits per heavy atom. The molecular formula is C35H36BFS. The molecule has 0 saturated heterocycles. The van der Waals surface area contributed by atoms with E-state index >= 15 is 4.32 Å². The molecule has 38 heavy (non-hydrogen) atoms. The maximum Gasteiger partial charge on any atom is 0.236 e. The van der Waals surface area contributed by atoms with E-state index in [1.54, 1.807) is 0 Å². The zero-order valence-electron chi connectivity index (χ0n) is 23.5. The van der Waals surface area contributed by atoms with Gasteiger partial charge in [-0.3, -0.25) is 0 Å². The molecule has 0 aliphatic heterocycles. The molecule has 0 nitrogen and oxygen atoms in total. The molecule has 0 spiro atoms. The average Bonchev–Trinajstić information content (AvgIpc) is 2.86. The normalized spacial score (nSPS) is 12.6. The maximum atomic E-state index is 18.9. The van der Waals surface area contributed by atoms with Crippen LogP contribution in [0.25, 0.3) is 10.8 Å². The van der Waals surface area contributed by atoms with Crippen molar-refractivity contribution in [2.24, 2.45) is 0 Å². The van der Waals surface area contributed by atoms with Crippen molar-refractivity contribution in [3.8, 4) is 0 Å². The number of fused-ring (bicyclic) bond motifs is 1. The molecule has 3 heteroatoms. The van der Waals surface area contributed by atoms with Gasteiger partial charge in [0.1, 0.15) is 6.26 Å². The lowest BCUT2D eigenvalue weighted by Crippen LogP contribution is -2.67. The predicted molar refractivity (Wildman–Crippen MR) is 167 cm³/mol. The van der Waals surface area contributed by atoms with Gasteiger partial charge in [0.05, 0.1) is 10.9 Å². The van der Waals surface area contributed by atoms with Crippen molar-refractivity contribution in [3.63, 3.8) is 0 Å². The summed E-state index contributed by atoms with van der Waals surface area (Å²) < 4.78 is 18.9. The highest BCUT2D eigenvalue weighted by Crippen LogP contribution is 2.31. The van der Waals surface area contributed by atoms with Crippen LogP contribution < -0.4 is 16.4 Å². The van der Waals surface area contributed by atoms with Crippen molar-refractivity contribution >= 4 is 44.5 Å². The van der Waals surface area contributed by atoms with Crippen LogP contribution in [0.5, 0.6) is 0 Å². The molecule has 0 aliphatic rings. The Morgan fingerprint density at radius 1 is 0.579 bits per heavy atom. The molecule has 5 aromatic carbocycles. The fraction of sp³-hybridized carbons (Fsp3) is 0.200. The fourth-order valence-corrected chi connectivity index (χ4v) is 8.41. The number of rotatable bonds is 5. The van der Waals surface area contributed by atoms with E-state index in [1.165, 1.54) is 9.79 Å². The first kappa shape index (κ1) is 26.3. The molecule has 0 saturated carbocycles. The number of hydrogen-bond acceptors (Lipinski definition) is 0. The van der Waals surface area contributed by atoms with Crippen LogP contribution in [0.2, 0.25) is 0 Å². The fourth-order valence-electron chi connectivity index (χ4n) is 6.77. The first-order chi connectivity index (χ1) is 18.1. The average molecular weight is 519 g/mol. The Balaban J connectivity index is 1.94. The van der Waals surface area contributed by atoms with Gasteiger partial charge in [0.25, 0.3) is 0 Å². The summed E-state index contributed by atoms with van der Waals surface area (Å²) >= 11 is 0. The molecule has 0 heterocycles. The van der Waals surface area contributed by atoms with E-state index in [4.69, 9.17) is 0 Å². The van der Waals surface area contributed by atoms with E-state index in [-0.39, 0.29) is 10.9 Å². The molecule has 0 fully saturated rings. The van der Waals surface area contributed by atoms with E-state index in [9.17, 15) is 0 Å². The van der Waals surface area contributed by atoms with Crippen LogP contribution in [0, 0.1) is 41.5 Å². The van der Waals surface area contributed by atoms with Crippen LogP contribution in [0.3, 0.4) is 0 Å². The van der Waals surface area contributed by atoms with Crippen molar-refractivity contribution in [2.75, 3.05) is 6.26 Å². The first-order valence-corrected chi connectivity index (χ1v) is 15.0. The highest BCUT2D eigenvalue weighted by Gasteiger charge is 2.38. The topological polar surface area (TPSA) is 0 Å². The molecule has 5 aromatic rings. The third-order valence-corrected chi connectivity index (χ3v) is 10.0. The molecule has 0 amide bonds. The number of benzene rings is 5. The summed E-state index contributed by atoms with van der Waals surface area (Å²) in [6.45, 7) is 12.5. The molecule has 1 unspecified atom stereocenters. The minimum Gasteiger partial charge on any atom is -0.498 e. The second-order valence-electron chi connectivity index (χ2n) is 10.9. The maximum absolute atomic E-state index is 18.9. The number of halogens is 1. The second kappa shape index (κ2) is 10.1. The summed E-state index contributed by atoms with van der Waals surface area (Å²) in [4.78, 5) is 2.45. The van der Waals surface area contributed by atoms with Crippen LogP contribution in [0.15, 0.2) is 101 Å². The van der Waals surface area contributed by atoms with Gasteiger partial charge in [-0.25, -0.2) is 0 Å². The molecule has 192 valence electrons. The van der Waals surface area contributed by atoms with Gasteiger partial charge in [0, 0.05) is 5.39 Å². The Kier molecular flexibility index (Phi) is 7.00. The van der Waals surface area contributed by atoms with Crippen LogP contribution in [-0.4, -0.2) is 12.7 Å². The molecule has 5 rings (SSSR count). The van der Waals surface area contributed by atoms with E-state index in [2.05, 4.69) is 127 Å². The summed E-state index contributed by atoms with van der Waals surface area (Å²) in [7, 11) is -0.215. The van der Waals surface area contributed by atoms with Gasteiger partial charge in [0.15, 0.2) is 9.79 Å². The van der Waals surface area contributed by atoms with Crippen LogP contribution in [0.1, 0.15) is 33.4 Å². The monoisotopic (exact) mass is 518 g/mol. The highest BCUT2D eigenvalue weighted by atomic mass is 32.2. The third-order valence-electron chi connectivity index (χ3n) is 8.03. The molecule has 1 atom stereocenters. The Bertz CT molecular complexity index is 1550. The largest absolute Gasteiger partial charge is 0.498 e. The van der Waals surface area contributed by atoms with E-state index in [1.807, 2.05) is 12.1 Å². The van der Waals surface area contributed by atoms with Crippen molar-refractivity contribution in [3.05, 3.63) is 124 Å². The number of aryl methyl sites for hydroxylation is 6. The molecule has 0 radical (unpaired) electrons. The minimum atomic E-state index is -2.77. The van der Waals surface area contributed by atoms with Crippen molar-refractivity contribution < 1.29 is 4.32 Å². The quantitative estimate of drug-likeness (QED) is 0.169. The van der Waals surface area contributed by atoms with Gasteiger partial charge < -0.3 is 4.32 Å². The summed E-state index contributed by atoms with van der Waals surface area (Å²) in [6, 6.07) is 31.8. The van der Waals surface area contributed by atoms with E-state index in [0.29, 0.717) is 0 Å².